The van der Waals surface area contributed by atoms with Gasteiger partial charge < -0.3 is 4.90 Å². The minimum absolute atomic E-state index is 0.275. The Balaban J connectivity index is 1.75. The van der Waals surface area contributed by atoms with Gasteiger partial charge in [0.1, 0.15) is 10.7 Å². The molecule has 8 heteroatoms. The summed E-state index contributed by atoms with van der Waals surface area (Å²) in [6, 6.07) is 9.05. The third-order valence-electron chi connectivity index (χ3n) is 3.58. The Labute approximate surface area is 128 Å². The average Bonchev–Trinajstić information content (AvgIpc) is 2.56. The van der Waals surface area contributed by atoms with Crippen molar-refractivity contribution >= 4 is 15.8 Å². The summed E-state index contributed by atoms with van der Waals surface area (Å²) in [6.07, 6.45) is 1.59. The lowest BCUT2D eigenvalue weighted by molar-refractivity contribution is 0.381. The lowest BCUT2D eigenvalue weighted by atomic mass is 10.3. The number of anilines is 1. The van der Waals surface area contributed by atoms with E-state index in [1.807, 2.05) is 11.0 Å². The van der Waals surface area contributed by atoms with Crippen LogP contribution in [-0.4, -0.2) is 49.1 Å². The smallest absolute Gasteiger partial charge is 0.246 e. The summed E-state index contributed by atoms with van der Waals surface area (Å²) in [6.45, 7) is 1.55. The Kier molecular flexibility index (Phi) is 4.04. The molecule has 0 atom stereocenters. The SMILES string of the molecule is O=S(=O)(c1ccccc1F)N1CCN(c2cccnn2)CC1. The molecule has 22 heavy (non-hydrogen) atoms. The lowest BCUT2D eigenvalue weighted by Crippen LogP contribution is -2.49. The van der Waals surface area contributed by atoms with Crippen LogP contribution >= 0.6 is 0 Å². The maximum atomic E-state index is 13.7. The fraction of sp³-hybridized carbons (Fsp3) is 0.286. The number of halogens is 1. The minimum atomic E-state index is -3.80. The molecule has 0 aliphatic carbocycles. The summed E-state index contributed by atoms with van der Waals surface area (Å²) in [4.78, 5) is 1.68. The van der Waals surface area contributed by atoms with Gasteiger partial charge in [0.2, 0.25) is 10.0 Å². The first-order valence-corrected chi connectivity index (χ1v) is 8.30. The van der Waals surface area contributed by atoms with Crippen molar-refractivity contribution in [1.29, 1.82) is 0 Å². The minimum Gasteiger partial charge on any atom is -0.352 e. The second kappa shape index (κ2) is 5.98. The first-order valence-electron chi connectivity index (χ1n) is 6.86. The molecule has 1 aliphatic rings. The molecule has 1 aliphatic heterocycles. The van der Waals surface area contributed by atoms with E-state index < -0.39 is 15.8 Å². The van der Waals surface area contributed by atoms with Gasteiger partial charge in [-0.1, -0.05) is 12.1 Å². The standard InChI is InChI=1S/C14H15FN4O2S/c15-12-4-1-2-5-13(12)22(20,21)19-10-8-18(9-11-19)14-6-3-7-16-17-14/h1-7H,8-11H2. The molecule has 6 nitrogen and oxygen atoms in total. The highest BCUT2D eigenvalue weighted by molar-refractivity contribution is 7.89. The van der Waals surface area contributed by atoms with Crippen LogP contribution in [0.3, 0.4) is 0 Å². The molecule has 0 unspecified atom stereocenters. The Bertz CT molecular complexity index is 746. The maximum absolute atomic E-state index is 13.7. The summed E-state index contributed by atoms with van der Waals surface area (Å²) < 4.78 is 40.0. The second-order valence-electron chi connectivity index (χ2n) is 4.90. The first kappa shape index (κ1) is 14.9. The van der Waals surface area contributed by atoms with Crippen molar-refractivity contribution in [3.63, 3.8) is 0 Å². The van der Waals surface area contributed by atoms with E-state index in [0.717, 1.165) is 6.07 Å². The molecule has 0 amide bonds. The molecule has 0 N–H and O–H groups in total. The number of nitrogens with zero attached hydrogens (tertiary/aromatic N) is 4. The van der Waals surface area contributed by atoms with Gasteiger partial charge in [0.15, 0.2) is 5.82 Å². The summed E-state index contributed by atoms with van der Waals surface area (Å²) in [5, 5.41) is 7.82. The molecule has 2 heterocycles. The van der Waals surface area contributed by atoms with Crippen LogP contribution in [0.5, 0.6) is 0 Å². The Morgan fingerprint density at radius 2 is 1.73 bits per heavy atom. The van der Waals surface area contributed by atoms with E-state index in [-0.39, 0.29) is 18.0 Å². The summed E-state index contributed by atoms with van der Waals surface area (Å²) in [5.74, 6) is -0.00991. The quantitative estimate of drug-likeness (QED) is 0.847. The highest BCUT2D eigenvalue weighted by Crippen LogP contribution is 2.21. The molecule has 0 saturated carbocycles. The van der Waals surface area contributed by atoms with Crippen molar-refractivity contribution in [1.82, 2.24) is 14.5 Å². The van der Waals surface area contributed by atoms with Crippen molar-refractivity contribution in [3.8, 4) is 0 Å². The zero-order valence-electron chi connectivity index (χ0n) is 11.8. The number of sulfonamides is 1. The zero-order chi connectivity index (χ0) is 15.6. The van der Waals surface area contributed by atoms with Crippen molar-refractivity contribution in [2.24, 2.45) is 0 Å². The Morgan fingerprint density at radius 3 is 2.36 bits per heavy atom. The topological polar surface area (TPSA) is 66.4 Å². The van der Waals surface area contributed by atoms with E-state index in [2.05, 4.69) is 10.2 Å². The highest BCUT2D eigenvalue weighted by Gasteiger charge is 2.30. The summed E-state index contributed by atoms with van der Waals surface area (Å²) in [7, 11) is -3.80. The molecule has 1 fully saturated rings. The molecule has 0 spiro atoms. The largest absolute Gasteiger partial charge is 0.352 e. The lowest BCUT2D eigenvalue weighted by Gasteiger charge is -2.34. The van der Waals surface area contributed by atoms with Crippen LogP contribution < -0.4 is 4.90 Å². The van der Waals surface area contributed by atoms with Crippen molar-refractivity contribution in [2.45, 2.75) is 4.90 Å². The zero-order valence-corrected chi connectivity index (χ0v) is 12.6. The number of benzene rings is 1. The molecule has 2 aromatic rings. The van der Waals surface area contributed by atoms with Gasteiger partial charge in [0.05, 0.1) is 0 Å². The van der Waals surface area contributed by atoms with Crippen molar-refractivity contribution in [2.75, 3.05) is 31.1 Å². The number of aromatic nitrogens is 2. The molecule has 1 aromatic heterocycles. The third kappa shape index (κ3) is 2.79. The van der Waals surface area contributed by atoms with Crippen LogP contribution in [-0.2, 0) is 10.0 Å². The fourth-order valence-corrected chi connectivity index (χ4v) is 3.90. The number of piperazine rings is 1. The van der Waals surface area contributed by atoms with Crippen LogP contribution in [0.2, 0.25) is 0 Å². The predicted molar refractivity (Wildman–Crippen MR) is 79.4 cm³/mol. The van der Waals surface area contributed by atoms with Crippen LogP contribution in [0.15, 0.2) is 47.5 Å². The van der Waals surface area contributed by atoms with E-state index in [1.165, 1.54) is 22.5 Å². The molecule has 116 valence electrons. The number of hydrogen-bond donors (Lipinski definition) is 0. The molecule has 1 saturated heterocycles. The van der Waals surface area contributed by atoms with Crippen molar-refractivity contribution < 1.29 is 12.8 Å². The molecule has 0 radical (unpaired) electrons. The fourth-order valence-electron chi connectivity index (χ4n) is 2.41. The first-order chi connectivity index (χ1) is 10.6. The van der Waals surface area contributed by atoms with E-state index in [9.17, 15) is 12.8 Å². The second-order valence-corrected chi connectivity index (χ2v) is 6.81. The highest BCUT2D eigenvalue weighted by atomic mass is 32.2. The summed E-state index contributed by atoms with van der Waals surface area (Å²) in [5.41, 5.74) is 0. The number of hydrogen-bond acceptors (Lipinski definition) is 5. The summed E-state index contributed by atoms with van der Waals surface area (Å²) >= 11 is 0. The average molecular weight is 322 g/mol. The Hall–Kier alpha value is -2.06. The third-order valence-corrected chi connectivity index (χ3v) is 5.51. The van der Waals surface area contributed by atoms with Gasteiger partial charge in [0.25, 0.3) is 0 Å². The van der Waals surface area contributed by atoms with Crippen LogP contribution in [0.4, 0.5) is 10.2 Å². The van der Waals surface area contributed by atoms with Gasteiger partial charge >= 0.3 is 0 Å². The molecule has 3 rings (SSSR count). The van der Waals surface area contributed by atoms with E-state index in [0.29, 0.717) is 18.9 Å². The van der Waals surface area contributed by atoms with Crippen LogP contribution in [0.1, 0.15) is 0 Å². The van der Waals surface area contributed by atoms with Crippen LogP contribution in [0.25, 0.3) is 0 Å². The maximum Gasteiger partial charge on any atom is 0.246 e. The van der Waals surface area contributed by atoms with Gasteiger partial charge in [-0.3, -0.25) is 0 Å². The molecular weight excluding hydrogens is 307 g/mol. The van der Waals surface area contributed by atoms with Gasteiger partial charge in [-0.15, -0.1) is 5.10 Å². The van der Waals surface area contributed by atoms with E-state index >= 15 is 0 Å². The molecule has 1 aromatic carbocycles. The number of rotatable bonds is 3. The van der Waals surface area contributed by atoms with Gasteiger partial charge in [-0.2, -0.15) is 9.40 Å². The van der Waals surface area contributed by atoms with Crippen molar-refractivity contribution in [3.05, 3.63) is 48.4 Å². The molecule has 0 bridgehead atoms. The van der Waals surface area contributed by atoms with Gasteiger partial charge in [-0.05, 0) is 24.3 Å². The Morgan fingerprint density at radius 1 is 1.00 bits per heavy atom. The normalized spacial score (nSPS) is 16.7. The monoisotopic (exact) mass is 322 g/mol. The van der Waals surface area contributed by atoms with Crippen LogP contribution in [0, 0.1) is 5.82 Å². The van der Waals surface area contributed by atoms with E-state index in [1.54, 1.807) is 12.3 Å². The van der Waals surface area contributed by atoms with E-state index in [4.69, 9.17) is 0 Å². The van der Waals surface area contributed by atoms with Gasteiger partial charge in [0, 0.05) is 32.4 Å². The predicted octanol–water partition coefficient (Wildman–Crippen LogP) is 1.13. The molecular formula is C14H15FN4O2S. The van der Waals surface area contributed by atoms with Gasteiger partial charge in [-0.25, -0.2) is 12.8 Å².